The van der Waals surface area contributed by atoms with E-state index in [1.807, 2.05) is 31.2 Å². The summed E-state index contributed by atoms with van der Waals surface area (Å²) in [5.74, 6) is 0.353. The van der Waals surface area contributed by atoms with Crippen molar-refractivity contribution in [1.29, 1.82) is 0 Å². The molecule has 6 nitrogen and oxygen atoms in total. The topological polar surface area (TPSA) is 76.1 Å². The number of carbonyl (C=O) groups is 2. The summed E-state index contributed by atoms with van der Waals surface area (Å²) in [6, 6.07) is 21.4. The van der Waals surface area contributed by atoms with Gasteiger partial charge in [-0.25, -0.2) is 0 Å². The molecule has 6 heteroatoms. The summed E-state index contributed by atoms with van der Waals surface area (Å²) in [4.78, 5) is 27.7. The summed E-state index contributed by atoms with van der Waals surface area (Å²) in [7, 11) is 1.56. The lowest BCUT2D eigenvalue weighted by molar-refractivity contribution is -0.135. The Balaban J connectivity index is 1.53. The van der Waals surface area contributed by atoms with Crippen LogP contribution in [0.3, 0.4) is 0 Å². The molecule has 164 valence electrons. The number of nitrogens with zero attached hydrogens (tertiary/aromatic N) is 1. The molecule has 0 fully saturated rings. The molecule has 0 bridgehead atoms. The van der Waals surface area contributed by atoms with Crippen LogP contribution < -0.4 is 14.4 Å². The van der Waals surface area contributed by atoms with E-state index in [2.05, 4.69) is 0 Å². The predicted octanol–water partition coefficient (Wildman–Crippen LogP) is 3.89. The largest absolute Gasteiger partial charge is 0.493 e. The molecule has 0 aliphatic carbocycles. The molecular weight excluding hydrogens is 406 g/mol. The maximum atomic E-state index is 13.3. The molecule has 1 amide bonds. The first-order valence-electron chi connectivity index (χ1n) is 10.4. The van der Waals surface area contributed by atoms with Gasteiger partial charge < -0.3 is 19.5 Å². The Morgan fingerprint density at radius 2 is 1.62 bits per heavy atom. The van der Waals surface area contributed by atoms with Gasteiger partial charge in [-0.15, -0.1) is 0 Å². The molecular formula is C26H25NO5. The molecule has 1 N–H and O–H groups in total. The molecule has 0 saturated heterocycles. The highest BCUT2D eigenvalue weighted by Gasteiger charge is 2.50. The van der Waals surface area contributed by atoms with Crippen LogP contribution in [0.1, 0.15) is 27.9 Å². The molecule has 32 heavy (non-hydrogen) atoms. The summed E-state index contributed by atoms with van der Waals surface area (Å²) in [6.45, 7) is 2.35. The van der Waals surface area contributed by atoms with Gasteiger partial charge in [0.15, 0.2) is 22.9 Å². The lowest BCUT2D eigenvalue weighted by Crippen LogP contribution is -2.43. The molecule has 0 unspecified atom stereocenters. The van der Waals surface area contributed by atoms with Crippen LogP contribution in [0.5, 0.6) is 11.5 Å². The highest BCUT2D eigenvalue weighted by atomic mass is 16.5. The molecule has 0 radical (unpaired) electrons. The average molecular weight is 431 g/mol. The number of Topliss-reactive ketones (excluding diaryl/α,β-unsaturated/α-hetero) is 1. The van der Waals surface area contributed by atoms with Gasteiger partial charge in [-0.1, -0.05) is 60.2 Å². The fraction of sp³-hybridized carbons (Fsp3) is 0.231. The van der Waals surface area contributed by atoms with Gasteiger partial charge in [0, 0.05) is 11.1 Å². The number of rotatable bonds is 8. The number of ether oxygens (including phenoxy) is 2. The van der Waals surface area contributed by atoms with Crippen molar-refractivity contribution in [2.45, 2.75) is 18.9 Å². The number of ketones is 1. The van der Waals surface area contributed by atoms with Crippen LogP contribution in [0.4, 0.5) is 5.69 Å². The van der Waals surface area contributed by atoms with Crippen molar-refractivity contribution in [3.8, 4) is 11.5 Å². The van der Waals surface area contributed by atoms with E-state index in [1.54, 1.807) is 55.6 Å². The number of carbonyl (C=O) groups excluding carboxylic acids is 2. The summed E-state index contributed by atoms with van der Waals surface area (Å²) < 4.78 is 11.1. The number of fused-ring (bicyclic) bond motifs is 1. The molecule has 3 aromatic rings. The minimum absolute atomic E-state index is 0.197. The standard InChI is InChI=1S/C26H25NO5/c1-18-11-13-19(14-12-18)22(28)17-26(30)20-7-3-4-8-21(20)27(25(26)29)15-16-32-24-10-6-5-9-23(24)31-2/h3-14,30H,15-17H2,1-2H3/t26-/m0/s1. The second kappa shape index (κ2) is 8.85. The van der Waals surface area contributed by atoms with Crippen molar-refractivity contribution in [2.24, 2.45) is 0 Å². The third-order valence-corrected chi connectivity index (χ3v) is 5.67. The quantitative estimate of drug-likeness (QED) is 0.548. The Bertz CT molecular complexity index is 1140. The Morgan fingerprint density at radius 3 is 2.34 bits per heavy atom. The summed E-state index contributed by atoms with van der Waals surface area (Å²) >= 11 is 0. The molecule has 0 saturated carbocycles. The summed E-state index contributed by atoms with van der Waals surface area (Å²) in [6.07, 6.45) is -0.324. The van der Waals surface area contributed by atoms with E-state index in [0.29, 0.717) is 28.3 Å². The van der Waals surface area contributed by atoms with Crippen molar-refractivity contribution in [1.82, 2.24) is 0 Å². The van der Waals surface area contributed by atoms with Crippen LogP contribution in [0, 0.1) is 6.92 Å². The molecule has 1 aliphatic heterocycles. The number of para-hydroxylation sites is 3. The number of hydrogen-bond acceptors (Lipinski definition) is 5. The van der Waals surface area contributed by atoms with E-state index < -0.39 is 11.5 Å². The number of benzene rings is 3. The predicted molar refractivity (Wildman–Crippen MR) is 121 cm³/mol. The number of hydrogen-bond donors (Lipinski definition) is 1. The molecule has 1 aliphatic rings. The molecule has 0 aromatic heterocycles. The van der Waals surface area contributed by atoms with Gasteiger partial charge in [0.25, 0.3) is 5.91 Å². The zero-order chi connectivity index (χ0) is 22.7. The fourth-order valence-corrected chi connectivity index (χ4v) is 3.96. The maximum absolute atomic E-state index is 13.3. The Hall–Kier alpha value is -3.64. The first-order valence-corrected chi connectivity index (χ1v) is 10.4. The number of anilines is 1. The highest BCUT2D eigenvalue weighted by Crippen LogP contribution is 2.42. The third-order valence-electron chi connectivity index (χ3n) is 5.67. The molecule has 1 atom stereocenters. The van der Waals surface area contributed by atoms with Crippen LogP contribution in [0.25, 0.3) is 0 Å². The zero-order valence-corrected chi connectivity index (χ0v) is 18.1. The molecule has 3 aromatic carbocycles. The van der Waals surface area contributed by atoms with Crippen LogP contribution in [0.15, 0.2) is 72.8 Å². The van der Waals surface area contributed by atoms with Gasteiger partial charge in [0.2, 0.25) is 0 Å². The second-order valence-corrected chi connectivity index (χ2v) is 7.80. The second-order valence-electron chi connectivity index (χ2n) is 7.80. The van der Waals surface area contributed by atoms with Crippen molar-refractivity contribution in [3.05, 3.63) is 89.5 Å². The lowest BCUT2D eigenvalue weighted by Gasteiger charge is -2.23. The van der Waals surface area contributed by atoms with Crippen LogP contribution >= 0.6 is 0 Å². The Morgan fingerprint density at radius 1 is 0.969 bits per heavy atom. The SMILES string of the molecule is COc1ccccc1OCCN1C(=O)[C@](O)(CC(=O)c2ccc(C)cc2)c2ccccc21. The normalized spacial score (nSPS) is 17.2. The Labute approximate surface area is 187 Å². The number of methoxy groups -OCH3 is 1. The van der Waals surface area contributed by atoms with Crippen molar-refractivity contribution in [3.63, 3.8) is 0 Å². The van der Waals surface area contributed by atoms with E-state index in [1.165, 1.54) is 4.90 Å². The van der Waals surface area contributed by atoms with Crippen molar-refractivity contribution in [2.75, 3.05) is 25.2 Å². The van der Waals surface area contributed by atoms with Crippen LogP contribution in [0.2, 0.25) is 0 Å². The summed E-state index contributed by atoms with van der Waals surface area (Å²) in [5.41, 5.74) is 0.599. The van der Waals surface area contributed by atoms with Gasteiger partial charge in [0.1, 0.15) is 6.61 Å². The molecule has 4 rings (SSSR count). The third kappa shape index (κ3) is 3.97. The molecule has 1 heterocycles. The minimum atomic E-state index is -1.91. The van der Waals surface area contributed by atoms with Crippen molar-refractivity contribution >= 4 is 17.4 Å². The van der Waals surface area contributed by atoms with E-state index in [4.69, 9.17) is 9.47 Å². The minimum Gasteiger partial charge on any atom is -0.493 e. The van der Waals surface area contributed by atoms with E-state index in [0.717, 1.165) is 5.56 Å². The van der Waals surface area contributed by atoms with Gasteiger partial charge in [-0.05, 0) is 25.1 Å². The van der Waals surface area contributed by atoms with Crippen molar-refractivity contribution < 1.29 is 24.2 Å². The zero-order valence-electron chi connectivity index (χ0n) is 18.1. The first kappa shape index (κ1) is 21.6. The van der Waals surface area contributed by atoms with E-state index in [-0.39, 0.29) is 25.4 Å². The summed E-state index contributed by atoms with van der Waals surface area (Å²) in [5, 5.41) is 11.4. The van der Waals surface area contributed by atoms with E-state index >= 15 is 0 Å². The Kier molecular flexibility index (Phi) is 5.97. The number of aryl methyl sites for hydroxylation is 1. The van der Waals surface area contributed by atoms with Gasteiger partial charge in [-0.3, -0.25) is 9.59 Å². The van der Waals surface area contributed by atoms with E-state index in [9.17, 15) is 14.7 Å². The van der Waals surface area contributed by atoms with Crippen LogP contribution in [-0.2, 0) is 10.4 Å². The lowest BCUT2D eigenvalue weighted by atomic mass is 9.88. The number of aliphatic hydroxyl groups is 1. The smallest absolute Gasteiger partial charge is 0.264 e. The van der Waals surface area contributed by atoms with Gasteiger partial charge in [0.05, 0.1) is 25.8 Å². The van der Waals surface area contributed by atoms with Gasteiger partial charge >= 0.3 is 0 Å². The number of amides is 1. The first-order chi connectivity index (χ1) is 15.4. The monoisotopic (exact) mass is 431 g/mol. The maximum Gasteiger partial charge on any atom is 0.264 e. The highest BCUT2D eigenvalue weighted by molar-refractivity contribution is 6.10. The van der Waals surface area contributed by atoms with Crippen LogP contribution in [-0.4, -0.2) is 37.1 Å². The van der Waals surface area contributed by atoms with Gasteiger partial charge in [-0.2, -0.15) is 0 Å². The molecule has 0 spiro atoms. The average Bonchev–Trinajstić information content (AvgIpc) is 3.01. The fourth-order valence-electron chi connectivity index (χ4n) is 3.96.